The molecule has 0 aliphatic rings. The summed E-state index contributed by atoms with van der Waals surface area (Å²) in [6.07, 6.45) is 7.05. The Labute approximate surface area is 147 Å². The first kappa shape index (κ1) is 18.7. The average Bonchev–Trinajstić information content (AvgIpc) is 3.11. The minimum Gasteiger partial charge on any atom is -0.352 e. The first-order chi connectivity index (χ1) is 11.8. The molecular formula is C17H26N6O2. The number of rotatable bonds is 8. The van der Waals surface area contributed by atoms with Gasteiger partial charge in [0.2, 0.25) is 11.8 Å². The van der Waals surface area contributed by atoms with Crippen molar-refractivity contribution in [3.05, 3.63) is 35.9 Å². The molecule has 0 saturated carbocycles. The molecule has 0 aliphatic carbocycles. The molecule has 0 unspecified atom stereocenters. The van der Waals surface area contributed by atoms with Crippen LogP contribution in [0.2, 0.25) is 0 Å². The zero-order chi connectivity index (χ0) is 18.4. The van der Waals surface area contributed by atoms with Crippen LogP contribution in [0.15, 0.2) is 24.8 Å². The number of nitrogens with one attached hydrogen (secondary N) is 2. The highest BCUT2D eigenvalue weighted by molar-refractivity contribution is 5.77. The van der Waals surface area contributed by atoms with Gasteiger partial charge in [0, 0.05) is 25.0 Å². The largest absolute Gasteiger partial charge is 0.352 e. The molecule has 8 heteroatoms. The van der Waals surface area contributed by atoms with E-state index in [0.717, 1.165) is 11.1 Å². The molecule has 0 bridgehead atoms. The topological polar surface area (TPSA) is 93.8 Å². The highest BCUT2D eigenvalue weighted by Crippen LogP contribution is 2.02. The van der Waals surface area contributed by atoms with Crippen molar-refractivity contribution < 1.29 is 9.59 Å². The molecule has 2 heterocycles. The number of hydrogen-bond donors (Lipinski definition) is 2. The minimum absolute atomic E-state index is 0.126. The predicted octanol–water partition coefficient (Wildman–Crippen LogP) is 0.654. The summed E-state index contributed by atoms with van der Waals surface area (Å²) < 4.78 is 3.19. The molecule has 8 nitrogen and oxygen atoms in total. The lowest BCUT2D eigenvalue weighted by Gasteiger charge is -2.23. The van der Waals surface area contributed by atoms with Gasteiger partial charge in [-0.05, 0) is 30.9 Å². The monoisotopic (exact) mass is 346 g/mol. The molecule has 0 aliphatic heterocycles. The van der Waals surface area contributed by atoms with Gasteiger partial charge in [0.05, 0.1) is 12.4 Å². The van der Waals surface area contributed by atoms with Gasteiger partial charge in [0.25, 0.3) is 0 Å². The third-order valence-corrected chi connectivity index (χ3v) is 3.81. The second-order valence-corrected chi connectivity index (χ2v) is 6.65. The predicted molar refractivity (Wildman–Crippen MR) is 93.7 cm³/mol. The number of carbonyl (C=O) groups excluding carboxylic acids is 2. The fourth-order valence-corrected chi connectivity index (χ4v) is 2.39. The Morgan fingerprint density at radius 1 is 1.00 bits per heavy atom. The first-order valence-corrected chi connectivity index (χ1v) is 8.37. The Morgan fingerprint density at radius 3 is 1.96 bits per heavy atom. The summed E-state index contributed by atoms with van der Waals surface area (Å²) in [5.41, 5.74) is 2.02. The lowest BCUT2D eigenvalue weighted by Crippen LogP contribution is -2.48. The van der Waals surface area contributed by atoms with Crippen molar-refractivity contribution in [1.29, 1.82) is 0 Å². The summed E-state index contributed by atoms with van der Waals surface area (Å²) in [5, 5.41) is 14.0. The summed E-state index contributed by atoms with van der Waals surface area (Å²) in [6, 6.07) is -0.146. The van der Waals surface area contributed by atoms with Gasteiger partial charge in [-0.1, -0.05) is 13.8 Å². The average molecular weight is 346 g/mol. The van der Waals surface area contributed by atoms with Crippen LogP contribution in [0.5, 0.6) is 0 Å². The van der Waals surface area contributed by atoms with Crippen molar-refractivity contribution in [2.45, 2.75) is 46.8 Å². The molecule has 0 fully saturated rings. The van der Waals surface area contributed by atoms with Gasteiger partial charge < -0.3 is 10.6 Å². The van der Waals surface area contributed by atoms with Gasteiger partial charge in [0.1, 0.15) is 13.1 Å². The van der Waals surface area contributed by atoms with Crippen LogP contribution in [-0.2, 0) is 22.7 Å². The Morgan fingerprint density at radius 2 is 1.52 bits per heavy atom. The minimum atomic E-state index is -0.146. The first-order valence-electron chi connectivity index (χ1n) is 8.37. The summed E-state index contributed by atoms with van der Waals surface area (Å²) in [5.74, 6) is -0.0694. The second kappa shape index (κ2) is 8.46. The van der Waals surface area contributed by atoms with E-state index < -0.39 is 0 Å². The van der Waals surface area contributed by atoms with Crippen molar-refractivity contribution in [3.8, 4) is 0 Å². The van der Waals surface area contributed by atoms with Crippen molar-refractivity contribution in [2.24, 2.45) is 5.92 Å². The maximum absolute atomic E-state index is 12.2. The van der Waals surface area contributed by atoms with Crippen LogP contribution < -0.4 is 10.6 Å². The molecule has 0 radical (unpaired) electrons. The van der Waals surface area contributed by atoms with Crippen LogP contribution in [0.4, 0.5) is 0 Å². The van der Waals surface area contributed by atoms with E-state index in [4.69, 9.17) is 0 Å². The number of nitrogens with zero attached hydrogens (tertiary/aromatic N) is 4. The Bertz CT molecular complexity index is 718. The number of amides is 2. The van der Waals surface area contributed by atoms with E-state index in [2.05, 4.69) is 20.8 Å². The fraction of sp³-hybridized carbons (Fsp3) is 0.529. The van der Waals surface area contributed by atoms with E-state index >= 15 is 0 Å². The van der Waals surface area contributed by atoms with Crippen LogP contribution in [0, 0.1) is 19.8 Å². The smallest absolute Gasteiger partial charge is 0.242 e. The lowest BCUT2D eigenvalue weighted by atomic mass is 10.0. The molecule has 0 spiro atoms. The van der Waals surface area contributed by atoms with Crippen molar-refractivity contribution >= 4 is 11.8 Å². The van der Waals surface area contributed by atoms with E-state index in [0.29, 0.717) is 6.54 Å². The number of aromatic nitrogens is 4. The second-order valence-electron chi connectivity index (χ2n) is 6.65. The molecule has 0 aromatic carbocycles. The van der Waals surface area contributed by atoms with E-state index in [1.807, 2.05) is 40.1 Å². The molecule has 2 aromatic heterocycles. The normalized spacial score (nSPS) is 12.2. The molecule has 25 heavy (non-hydrogen) atoms. The third kappa shape index (κ3) is 6.06. The summed E-state index contributed by atoms with van der Waals surface area (Å²) in [4.78, 5) is 24.2. The van der Waals surface area contributed by atoms with Gasteiger partial charge in [-0.25, -0.2) is 0 Å². The van der Waals surface area contributed by atoms with Crippen LogP contribution >= 0.6 is 0 Å². The van der Waals surface area contributed by atoms with E-state index in [9.17, 15) is 9.59 Å². The SMILES string of the molecule is Cc1cnn(CC(=O)NC[C@@H](NC(=O)Cn2cc(C)cn2)C(C)C)c1. The molecule has 0 saturated heterocycles. The van der Waals surface area contributed by atoms with Gasteiger partial charge >= 0.3 is 0 Å². The van der Waals surface area contributed by atoms with Crippen LogP contribution in [-0.4, -0.2) is 44.0 Å². The van der Waals surface area contributed by atoms with E-state index in [-0.39, 0.29) is 36.9 Å². The summed E-state index contributed by atoms with van der Waals surface area (Å²) >= 11 is 0. The zero-order valence-corrected chi connectivity index (χ0v) is 15.2. The lowest BCUT2D eigenvalue weighted by molar-refractivity contribution is -0.124. The van der Waals surface area contributed by atoms with Gasteiger partial charge in [-0.15, -0.1) is 0 Å². The molecule has 2 aromatic rings. The summed E-state index contributed by atoms with van der Waals surface area (Å²) in [6.45, 7) is 8.57. The van der Waals surface area contributed by atoms with Crippen LogP contribution in [0.25, 0.3) is 0 Å². The van der Waals surface area contributed by atoms with Crippen molar-refractivity contribution in [3.63, 3.8) is 0 Å². The quantitative estimate of drug-likeness (QED) is 0.734. The molecule has 2 amide bonds. The highest BCUT2D eigenvalue weighted by atomic mass is 16.2. The number of hydrogen-bond acceptors (Lipinski definition) is 4. The van der Waals surface area contributed by atoms with Crippen LogP contribution in [0.3, 0.4) is 0 Å². The van der Waals surface area contributed by atoms with E-state index in [1.165, 1.54) is 0 Å². The Hall–Kier alpha value is -2.64. The molecule has 136 valence electrons. The molecule has 2 N–H and O–H groups in total. The fourth-order valence-electron chi connectivity index (χ4n) is 2.39. The van der Waals surface area contributed by atoms with Gasteiger partial charge in [-0.2, -0.15) is 10.2 Å². The van der Waals surface area contributed by atoms with E-state index in [1.54, 1.807) is 21.8 Å². The van der Waals surface area contributed by atoms with Crippen molar-refractivity contribution in [2.75, 3.05) is 6.54 Å². The maximum atomic E-state index is 12.2. The Balaban J connectivity index is 1.81. The maximum Gasteiger partial charge on any atom is 0.242 e. The highest BCUT2D eigenvalue weighted by Gasteiger charge is 2.17. The standard InChI is InChI=1S/C17H26N6O2/c1-12(2)15(21-17(25)11-23-9-14(4)6-20-23)7-18-16(24)10-22-8-13(3)5-19-22/h5-6,8-9,12,15H,7,10-11H2,1-4H3,(H,18,24)(H,21,25)/t15-/m1/s1. The molecular weight excluding hydrogens is 320 g/mol. The molecule has 1 atom stereocenters. The van der Waals surface area contributed by atoms with Crippen molar-refractivity contribution in [1.82, 2.24) is 30.2 Å². The Kier molecular flexibility index (Phi) is 6.32. The number of aryl methyl sites for hydroxylation is 2. The summed E-state index contributed by atoms with van der Waals surface area (Å²) in [7, 11) is 0. The molecule has 2 rings (SSSR count). The van der Waals surface area contributed by atoms with Gasteiger partial charge in [-0.3, -0.25) is 19.0 Å². The van der Waals surface area contributed by atoms with Gasteiger partial charge in [0.15, 0.2) is 0 Å². The third-order valence-electron chi connectivity index (χ3n) is 3.81. The number of carbonyl (C=O) groups is 2. The zero-order valence-electron chi connectivity index (χ0n) is 15.2. The van der Waals surface area contributed by atoms with Crippen LogP contribution in [0.1, 0.15) is 25.0 Å².